The molecule has 0 saturated heterocycles. The second-order valence-electron chi connectivity index (χ2n) is 4.88. The maximum absolute atomic E-state index is 11.9. The molecule has 1 aromatic carbocycles. The van der Waals surface area contributed by atoms with Crippen LogP contribution in [0.2, 0.25) is 0 Å². The van der Waals surface area contributed by atoms with E-state index >= 15 is 0 Å². The highest BCUT2D eigenvalue weighted by Gasteiger charge is 2.31. The average molecular weight is 293 g/mol. The number of carbonyl (C=O) groups is 2. The first-order valence-corrected chi connectivity index (χ1v) is 6.46. The van der Waals surface area contributed by atoms with Gasteiger partial charge < -0.3 is 10.4 Å². The van der Waals surface area contributed by atoms with Gasteiger partial charge in [0.15, 0.2) is 0 Å². The number of carbonyl (C=O) groups excluding carboxylic acids is 1. The van der Waals surface area contributed by atoms with E-state index in [0.717, 1.165) is 12.8 Å². The lowest BCUT2D eigenvalue weighted by atomic mass is 10.3. The van der Waals surface area contributed by atoms with Crippen LogP contribution in [-0.2, 0) is 9.59 Å². The minimum absolute atomic E-state index is 0.00600. The fourth-order valence-electron chi connectivity index (χ4n) is 1.98. The first-order chi connectivity index (χ1) is 9.95. The summed E-state index contributed by atoms with van der Waals surface area (Å²) < 4.78 is 0. The number of carboxylic acids is 1. The standard InChI is InChI=1S/C13H15N3O5/c17-12(7-15(8-13(18)19)10-5-6-10)14-9-1-3-11(4-2-9)16(20)21/h1-4,10H,5-8H2,(H,14,17)(H,18,19). The van der Waals surface area contributed by atoms with Crippen LogP contribution in [-0.4, -0.2) is 45.9 Å². The number of nitro benzene ring substituents is 1. The first kappa shape index (κ1) is 14.9. The monoisotopic (exact) mass is 293 g/mol. The van der Waals surface area contributed by atoms with Crippen molar-refractivity contribution in [3.63, 3.8) is 0 Å². The molecule has 1 amide bonds. The molecular weight excluding hydrogens is 278 g/mol. The molecule has 0 unspecified atom stereocenters. The van der Waals surface area contributed by atoms with Gasteiger partial charge in [-0.25, -0.2) is 0 Å². The van der Waals surface area contributed by atoms with Crippen molar-refractivity contribution < 1.29 is 19.6 Å². The van der Waals surface area contributed by atoms with E-state index in [9.17, 15) is 19.7 Å². The molecule has 0 radical (unpaired) electrons. The van der Waals surface area contributed by atoms with Gasteiger partial charge >= 0.3 is 5.97 Å². The molecule has 0 atom stereocenters. The van der Waals surface area contributed by atoms with E-state index in [1.54, 1.807) is 4.90 Å². The molecule has 1 aliphatic carbocycles. The van der Waals surface area contributed by atoms with Gasteiger partial charge in [-0.15, -0.1) is 0 Å². The minimum Gasteiger partial charge on any atom is -0.480 e. The topological polar surface area (TPSA) is 113 Å². The number of aliphatic carboxylic acids is 1. The number of amides is 1. The van der Waals surface area contributed by atoms with Gasteiger partial charge in [0.25, 0.3) is 5.69 Å². The van der Waals surface area contributed by atoms with Crippen LogP contribution < -0.4 is 5.32 Å². The first-order valence-electron chi connectivity index (χ1n) is 6.46. The summed E-state index contributed by atoms with van der Waals surface area (Å²) in [5.74, 6) is -1.30. The average Bonchev–Trinajstić information content (AvgIpc) is 3.22. The van der Waals surface area contributed by atoms with Gasteiger partial charge in [0.05, 0.1) is 18.0 Å². The van der Waals surface area contributed by atoms with E-state index in [0.29, 0.717) is 5.69 Å². The molecule has 21 heavy (non-hydrogen) atoms. The van der Waals surface area contributed by atoms with Gasteiger partial charge in [-0.05, 0) is 25.0 Å². The van der Waals surface area contributed by atoms with E-state index in [2.05, 4.69) is 5.32 Å². The molecule has 2 N–H and O–H groups in total. The van der Waals surface area contributed by atoms with Crippen molar-refractivity contribution in [3.05, 3.63) is 34.4 Å². The van der Waals surface area contributed by atoms with Gasteiger partial charge in [0, 0.05) is 23.9 Å². The van der Waals surface area contributed by atoms with Gasteiger partial charge in [0.2, 0.25) is 5.91 Å². The highest BCUT2D eigenvalue weighted by molar-refractivity contribution is 5.92. The number of benzene rings is 1. The number of anilines is 1. The third kappa shape index (κ3) is 4.53. The number of carboxylic acid groups (broad SMARTS) is 1. The Bertz CT molecular complexity index is 553. The molecule has 8 nitrogen and oxygen atoms in total. The van der Waals surface area contributed by atoms with Gasteiger partial charge in [-0.1, -0.05) is 0 Å². The summed E-state index contributed by atoms with van der Waals surface area (Å²) in [4.78, 5) is 34.2. The summed E-state index contributed by atoms with van der Waals surface area (Å²) >= 11 is 0. The van der Waals surface area contributed by atoms with E-state index < -0.39 is 10.9 Å². The lowest BCUT2D eigenvalue weighted by molar-refractivity contribution is -0.384. The number of hydrogen-bond acceptors (Lipinski definition) is 5. The Balaban J connectivity index is 1.90. The maximum atomic E-state index is 11.9. The molecule has 0 heterocycles. The lowest BCUT2D eigenvalue weighted by Crippen LogP contribution is -2.38. The predicted octanol–water partition coefficient (Wildman–Crippen LogP) is 1.08. The molecule has 1 saturated carbocycles. The van der Waals surface area contributed by atoms with Crippen LogP contribution in [0.15, 0.2) is 24.3 Å². The Morgan fingerprint density at radius 3 is 2.38 bits per heavy atom. The third-order valence-electron chi connectivity index (χ3n) is 3.11. The van der Waals surface area contributed by atoms with Crippen molar-refractivity contribution in [1.29, 1.82) is 0 Å². The van der Waals surface area contributed by atoms with Crippen molar-refractivity contribution in [2.75, 3.05) is 18.4 Å². The zero-order valence-electron chi connectivity index (χ0n) is 11.2. The van der Waals surface area contributed by atoms with Crippen LogP contribution in [0.3, 0.4) is 0 Å². The number of hydrogen-bond donors (Lipinski definition) is 2. The van der Waals surface area contributed by atoms with Crippen molar-refractivity contribution in [1.82, 2.24) is 4.90 Å². The summed E-state index contributed by atoms with van der Waals surface area (Å²) in [5, 5.41) is 21.9. The van der Waals surface area contributed by atoms with E-state index in [1.807, 2.05) is 0 Å². The molecule has 1 fully saturated rings. The van der Waals surface area contributed by atoms with E-state index in [1.165, 1.54) is 24.3 Å². The fraction of sp³-hybridized carbons (Fsp3) is 0.385. The molecule has 112 valence electrons. The number of nitrogens with one attached hydrogen (secondary N) is 1. The second kappa shape index (κ2) is 6.31. The van der Waals surface area contributed by atoms with Crippen LogP contribution in [0.1, 0.15) is 12.8 Å². The van der Waals surface area contributed by atoms with Crippen molar-refractivity contribution >= 4 is 23.3 Å². The Hall–Kier alpha value is -2.48. The molecule has 0 aliphatic heterocycles. The molecule has 2 rings (SSSR count). The Labute approximate surface area is 120 Å². The number of rotatable bonds is 7. The summed E-state index contributed by atoms with van der Waals surface area (Å²) in [7, 11) is 0. The third-order valence-corrected chi connectivity index (χ3v) is 3.11. The summed E-state index contributed by atoms with van der Waals surface area (Å²) in [6.45, 7) is -0.174. The zero-order chi connectivity index (χ0) is 15.4. The molecule has 0 aromatic heterocycles. The molecule has 0 bridgehead atoms. The quantitative estimate of drug-likeness (QED) is 0.574. The Morgan fingerprint density at radius 2 is 1.90 bits per heavy atom. The number of non-ortho nitro benzene ring substituents is 1. The van der Waals surface area contributed by atoms with Crippen LogP contribution >= 0.6 is 0 Å². The molecule has 8 heteroatoms. The van der Waals surface area contributed by atoms with E-state index in [4.69, 9.17) is 5.11 Å². The smallest absolute Gasteiger partial charge is 0.317 e. The van der Waals surface area contributed by atoms with Crippen LogP contribution in [0.5, 0.6) is 0 Å². The normalized spacial score (nSPS) is 14.0. The molecule has 0 spiro atoms. The Kier molecular flexibility index (Phi) is 4.49. The molecule has 1 aromatic rings. The minimum atomic E-state index is -0.968. The van der Waals surface area contributed by atoms with Crippen LogP contribution in [0.25, 0.3) is 0 Å². The predicted molar refractivity (Wildman–Crippen MR) is 74.0 cm³/mol. The van der Waals surface area contributed by atoms with Crippen molar-refractivity contribution in [3.8, 4) is 0 Å². The van der Waals surface area contributed by atoms with E-state index in [-0.39, 0.29) is 30.7 Å². The van der Waals surface area contributed by atoms with Gasteiger partial charge in [-0.3, -0.25) is 24.6 Å². The zero-order valence-corrected chi connectivity index (χ0v) is 11.2. The highest BCUT2D eigenvalue weighted by Crippen LogP contribution is 2.26. The van der Waals surface area contributed by atoms with Gasteiger partial charge in [0.1, 0.15) is 0 Å². The SMILES string of the molecule is O=C(O)CN(CC(=O)Nc1ccc([N+](=O)[O-])cc1)C1CC1. The number of nitrogens with zero attached hydrogens (tertiary/aromatic N) is 2. The highest BCUT2D eigenvalue weighted by atomic mass is 16.6. The van der Waals surface area contributed by atoms with Crippen molar-refractivity contribution in [2.24, 2.45) is 0 Å². The van der Waals surface area contributed by atoms with Crippen LogP contribution in [0, 0.1) is 10.1 Å². The lowest BCUT2D eigenvalue weighted by Gasteiger charge is -2.18. The molecule has 1 aliphatic rings. The maximum Gasteiger partial charge on any atom is 0.317 e. The Morgan fingerprint density at radius 1 is 1.29 bits per heavy atom. The summed E-state index contributed by atoms with van der Waals surface area (Å²) in [6, 6.07) is 5.63. The summed E-state index contributed by atoms with van der Waals surface area (Å²) in [6.07, 6.45) is 1.80. The molecular formula is C13H15N3O5. The summed E-state index contributed by atoms with van der Waals surface area (Å²) in [5.41, 5.74) is 0.384. The number of nitro groups is 1. The van der Waals surface area contributed by atoms with Crippen LogP contribution in [0.4, 0.5) is 11.4 Å². The fourth-order valence-corrected chi connectivity index (χ4v) is 1.98. The largest absolute Gasteiger partial charge is 0.480 e. The van der Waals surface area contributed by atoms with Crippen molar-refractivity contribution in [2.45, 2.75) is 18.9 Å². The second-order valence-corrected chi connectivity index (χ2v) is 4.88. The van der Waals surface area contributed by atoms with Gasteiger partial charge in [-0.2, -0.15) is 0 Å².